The van der Waals surface area contributed by atoms with Gasteiger partial charge < -0.3 is 5.11 Å². The summed E-state index contributed by atoms with van der Waals surface area (Å²) in [4.78, 5) is 12.9. The third-order valence-corrected chi connectivity index (χ3v) is 11.0. The Morgan fingerprint density at radius 1 is 1.23 bits per heavy atom. The molecule has 1 aromatic heterocycles. The van der Waals surface area contributed by atoms with Gasteiger partial charge in [0.05, 0.1) is 11.7 Å². The monoisotopic (exact) mass is 485 g/mol. The van der Waals surface area contributed by atoms with Crippen LogP contribution in [0.5, 0.6) is 0 Å². The first kappa shape index (κ1) is 23.9. The van der Waals surface area contributed by atoms with E-state index in [1.807, 2.05) is 24.3 Å². The lowest BCUT2D eigenvalue weighted by atomic mass is 9.95. The highest BCUT2D eigenvalue weighted by atomic mass is 32.2. The van der Waals surface area contributed by atoms with Gasteiger partial charge in [-0.1, -0.05) is 37.6 Å². The number of sulfone groups is 1. The van der Waals surface area contributed by atoms with E-state index in [4.69, 9.17) is 0 Å². The van der Waals surface area contributed by atoms with Gasteiger partial charge in [-0.25, -0.2) is 21.6 Å². The van der Waals surface area contributed by atoms with Crippen molar-refractivity contribution >= 4 is 37.2 Å². The van der Waals surface area contributed by atoms with Gasteiger partial charge in [0.1, 0.15) is 4.75 Å². The molecule has 7 nitrogen and oxygen atoms in total. The van der Waals surface area contributed by atoms with Gasteiger partial charge in [0.15, 0.2) is 9.84 Å². The SMILES string of the molecule is CCCc1ccc(-c2ccc([C@@]3(CC(=O)O)CCC(S(C)(=O)=O)CNS3(=O)=O)s2)cc1. The number of hydrogen-bond acceptors (Lipinski definition) is 6. The number of aryl methyl sites for hydroxylation is 1. The zero-order chi connectivity index (χ0) is 22.9. The van der Waals surface area contributed by atoms with Crippen molar-refractivity contribution in [3.05, 3.63) is 46.8 Å². The maximum atomic E-state index is 13.2. The van der Waals surface area contributed by atoms with Crippen molar-refractivity contribution in [2.45, 2.75) is 49.0 Å². The molecule has 1 aliphatic heterocycles. The Balaban J connectivity index is 2.03. The van der Waals surface area contributed by atoms with Crippen molar-refractivity contribution in [3.63, 3.8) is 0 Å². The third kappa shape index (κ3) is 5.02. The molecule has 1 aliphatic rings. The third-order valence-electron chi connectivity index (χ3n) is 5.76. The van der Waals surface area contributed by atoms with Gasteiger partial charge in [-0.2, -0.15) is 0 Å². The highest BCUT2D eigenvalue weighted by Gasteiger charge is 2.50. The van der Waals surface area contributed by atoms with Crippen LogP contribution in [0, 0.1) is 0 Å². The number of carboxylic acid groups (broad SMARTS) is 1. The number of carbonyl (C=O) groups is 1. The van der Waals surface area contributed by atoms with Gasteiger partial charge in [-0.15, -0.1) is 11.3 Å². The van der Waals surface area contributed by atoms with E-state index in [2.05, 4.69) is 11.6 Å². The minimum atomic E-state index is -4.13. The number of nitrogens with one attached hydrogen (secondary N) is 1. The number of benzene rings is 1. The molecule has 0 bridgehead atoms. The first-order valence-corrected chi connectivity index (χ1v) is 14.3. The van der Waals surface area contributed by atoms with Crippen LogP contribution < -0.4 is 4.72 Å². The number of thiophene rings is 1. The molecule has 3 rings (SSSR count). The second-order valence-electron chi connectivity index (χ2n) is 8.02. The minimum absolute atomic E-state index is 0.0668. The van der Waals surface area contributed by atoms with Crippen molar-refractivity contribution in [1.82, 2.24) is 4.72 Å². The molecular weight excluding hydrogens is 458 g/mol. The van der Waals surface area contributed by atoms with E-state index in [0.29, 0.717) is 4.88 Å². The number of carboxylic acids is 1. The van der Waals surface area contributed by atoms with Crippen LogP contribution >= 0.6 is 11.3 Å². The zero-order valence-corrected chi connectivity index (χ0v) is 19.9. The zero-order valence-electron chi connectivity index (χ0n) is 17.5. The average molecular weight is 486 g/mol. The lowest BCUT2D eigenvalue weighted by molar-refractivity contribution is -0.137. The maximum Gasteiger partial charge on any atom is 0.305 e. The van der Waals surface area contributed by atoms with Crippen molar-refractivity contribution in [2.75, 3.05) is 12.8 Å². The molecule has 2 heterocycles. The maximum absolute atomic E-state index is 13.2. The summed E-state index contributed by atoms with van der Waals surface area (Å²) < 4.78 is 51.2. The summed E-state index contributed by atoms with van der Waals surface area (Å²) in [6.45, 7) is 1.86. The molecule has 170 valence electrons. The molecule has 2 N–H and O–H groups in total. The summed E-state index contributed by atoms with van der Waals surface area (Å²) in [5, 5.41) is 8.66. The molecule has 1 unspecified atom stereocenters. The molecule has 31 heavy (non-hydrogen) atoms. The van der Waals surface area contributed by atoms with Crippen molar-refractivity contribution < 1.29 is 26.7 Å². The van der Waals surface area contributed by atoms with Gasteiger partial charge in [0.25, 0.3) is 0 Å². The van der Waals surface area contributed by atoms with Crippen LogP contribution in [0.1, 0.15) is 43.0 Å². The van der Waals surface area contributed by atoms with E-state index < -0.39 is 42.2 Å². The quantitative estimate of drug-likeness (QED) is 0.622. The Morgan fingerprint density at radius 3 is 2.48 bits per heavy atom. The van der Waals surface area contributed by atoms with E-state index in [-0.39, 0.29) is 19.4 Å². The molecule has 2 aromatic rings. The van der Waals surface area contributed by atoms with E-state index in [1.54, 1.807) is 12.1 Å². The number of rotatable bonds is 7. The van der Waals surface area contributed by atoms with Crippen LogP contribution in [0.25, 0.3) is 10.4 Å². The Morgan fingerprint density at radius 2 is 1.90 bits per heavy atom. The molecule has 1 saturated heterocycles. The summed E-state index contributed by atoms with van der Waals surface area (Å²) in [5.74, 6) is -1.25. The van der Waals surface area contributed by atoms with Crippen LogP contribution in [-0.4, -0.2) is 46.0 Å². The second kappa shape index (κ2) is 9.01. The van der Waals surface area contributed by atoms with Gasteiger partial charge >= 0.3 is 5.97 Å². The second-order valence-corrected chi connectivity index (χ2v) is 13.5. The molecule has 1 fully saturated rings. The first-order valence-electron chi connectivity index (χ1n) is 10.1. The Kier molecular flexibility index (Phi) is 6.95. The first-order chi connectivity index (χ1) is 14.5. The van der Waals surface area contributed by atoms with E-state index >= 15 is 0 Å². The Labute approximate surface area is 187 Å². The van der Waals surface area contributed by atoms with E-state index in [1.165, 1.54) is 16.9 Å². The highest BCUT2D eigenvalue weighted by Crippen LogP contribution is 2.45. The van der Waals surface area contributed by atoms with Crippen molar-refractivity contribution in [1.29, 1.82) is 0 Å². The molecule has 1 aromatic carbocycles. The summed E-state index contributed by atoms with van der Waals surface area (Å²) in [7, 11) is -7.61. The molecule has 0 saturated carbocycles. The molecule has 0 spiro atoms. The molecule has 10 heteroatoms. The van der Waals surface area contributed by atoms with Crippen LogP contribution in [0.3, 0.4) is 0 Å². The van der Waals surface area contributed by atoms with Gasteiger partial charge in [0.2, 0.25) is 10.0 Å². The summed E-state index contributed by atoms with van der Waals surface area (Å²) in [5.41, 5.74) is 2.14. The summed E-state index contributed by atoms with van der Waals surface area (Å²) in [6.07, 6.45) is 2.44. The van der Waals surface area contributed by atoms with Crippen LogP contribution in [-0.2, 0) is 35.8 Å². The highest BCUT2D eigenvalue weighted by molar-refractivity contribution is 7.92. The predicted molar refractivity (Wildman–Crippen MR) is 122 cm³/mol. The molecular formula is C21H27NO6S3. The normalized spacial score (nSPS) is 23.9. The fraction of sp³-hybridized carbons (Fsp3) is 0.476. The molecule has 0 radical (unpaired) electrons. The van der Waals surface area contributed by atoms with E-state index in [9.17, 15) is 26.7 Å². The summed E-state index contributed by atoms with van der Waals surface area (Å²) >= 11 is 1.24. The fourth-order valence-corrected chi connectivity index (χ4v) is 8.31. The van der Waals surface area contributed by atoms with Crippen LogP contribution in [0.15, 0.2) is 36.4 Å². The lowest BCUT2D eigenvalue weighted by Crippen LogP contribution is -2.44. The van der Waals surface area contributed by atoms with Gasteiger partial charge in [-0.3, -0.25) is 4.79 Å². The van der Waals surface area contributed by atoms with Gasteiger partial charge in [-0.05, 0) is 42.5 Å². The van der Waals surface area contributed by atoms with Crippen molar-refractivity contribution in [3.8, 4) is 10.4 Å². The molecule has 0 amide bonds. The fourth-order valence-electron chi connectivity index (χ4n) is 3.97. The Hall–Kier alpha value is -1.75. The smallest absolute Gasteiger partial charge is 0.305 e. The predicted octanol–water partition coefficient (Wildman–Crippen LogP) is 3.16. The Bertz CT molecular complexity index is 1150. The average Bonchev–Trinajstić information content (AvgIpc) is 3.12. The minimum Gasteiger partial charge on any atom is -0.481 e. The van der Waals surface area contributed by atoms with Crippen molar-refractivity contribution in [2.24, 2.45) is 0 Å². The summed E-state index contributed by atoms with van der Waals surface area (Å²) in [6, 6.07) is 11.5. The lowest BCUT2D eigenvalue weighted by Gasteiger charge is -2.29. The van der Waals surface area contributed by atoms with Crippen LogP contribution in [0.2, 0.25) is 0 Å². The largest absolute Gasteiger partial charge is 0.481 e. The standard InChI is InChI=1S/C21H27NO6S3/c1-3-4-15-5-7-16(8-6-15)18-9-10-19(29-18)21(13-20(23)24)12-11-17(30(2,25)26)14-22-31(21,27)28/h5-10,17,22H,3-4,11-14H2,1-2H3,(H,23,24)/t17?,21-/m0/s1. The molecule has 2 atom stereocenters. The number of aliphatic carboxylic acids is 1. The molecule has 0 aliphatic carbocycles. The number of hydrogen-bond donors (Lipinski definition) is 2. The number of sulfonamides is 1. The topological polar surface area (TPSA) is 118 Å². The van der Waals surface area contributed by atoms with Crippen LogP contribution in [0.4, 0.5) is 0 Å². The van der Waals surface area contributed by atoms with Gasteiger partial charge in [0, 0.05) is 22.6 Å². The van der Waals surface area contributed by atoms with E-state index in [0.717, 1.165) is 29.5 Å².